The Balaban J connectivity index is 1.32. The molecule has 1 aliphatic heterocycles. The molecule has 1 N–H and O–H groups in total. The fourth-order valence-electron chi connectivity index (χ4n) is 5.38. The molecule has 1 saturated carbocycles. The Morgan fingerprint density at radius 3 is 2.53 bits per heavy atom. The fraction of sp³-hybridized carbons (Fsp3) is 0.560. The van der Waals surface area contributed by atoms with Gasteiger partial charge < -0.3 is 5.32 Å². The summed E-state index contributed by atoms with van der Waals surface area (Å²) < 4.78 is 18.8. The van der Waals surface area contributed by atoms with Crippen LogP contribution in [-0.4, -0.2) is 47.4 Å². The van der Waals surface area contributed by atoms with Gasteiger partial charge in [0.05, 0.1) is 17.3 Å². The average Bonchev–Trinajstić information content (AvgIpc) is 3.30. The van der Waals surface area contributed by atoms with E-state index >= 15 is 0 Å². The molecule has 3 aromatic heterocycles. The molecule has 192 valence electrons. The van der Waals surface area contributed by atoms with Crippen LogP contribution < -0.4 is 16.6 Å². The van der Waals surface area contributed by atoms with Crippen LogP contribution in [0.3, 0.4) is 0 Å². The number of amides is 1. The van der Waals surface area contributed by atoms with E-state index in [0.717, 1.165) is 36.2 Å². The van der Waals surface area contributed by atoms with Crippen molar-refractivity contribution in [1.82, 2.24) is 29.2 Å². The minimum Gasteiger partial charge on any atom is -0.353 e. The molecule has 4 heterocycles. The zero-order valence-electron chi connectivity index (χ0n) is 20.4. The minimum atomic E-state index is -0.591. The molecular formula is C25H31FN6O3S. The van der Waals surface area contributed by atoms with E-state index in [1.807, 2.05) is 30.9 Å². The molecule has 0 radical (unpaired) electrons. The lowest BCUT2D eigenvalue weighted by Gasteiger charge is -2.31. The van der Waals surface area contributed by atoms with Crippen molar-refractivity contribution >= 4 is 28.7 Å². The Labute approximate surface area is 212 Å². The van der Waals surface area contributed by atoms with Crippen molar-refractivity contribution in [3.63, 3.8) is 0 Å². The van der Waals surface area contributed by atoms with Crippen LogP contribution in [0.15, 0.2) is 34.1 Å². The van der Waals surface area contributed by atoms with Gasteiger partial charge in [0.2, 0.25) is 5.91 Å². The van der Waals surface area contributed by atoms with Crippen molar-refractivity contribution in [2.45, 2.75) is 76.5 Å². The first-order valence-corrected chi connectivity index (χ1v) is 13.8. The first kappa shape index (κ1) is 24.7. The zero-order chi connectivity index (χ0) is 25.2. The lowest BCUT2D eigenvalue weighted by Crippen LogP contribution is -2.46. The molecule has 5 rings (SSSR count). The first-order chi connectivity index (χ1) is 17.4. The van der Waals surface area contributed by atoms with Crippen molar-refractivity contribution in [2.24, 2.45) is 0 Å². The quantitative estimate of drug-likeness (QED) is 0.543. The normalized spacial score (nSPS) is 21.1. The first-order valence-electron chi connectivity index (χ1n) is 12.6. The second-order valence-corrected chi connectivity index (χ2v) is 11.0. The summed E-state index contributed by atoms with van der Waals surface area (Å²) in [7, 11) is 0. The van der Waals surface area contributed by atoms with Crippen molar-refractivity contribution in [2.75, 3.05) is 11.5 Å². The monoisotopic (exact) mass is 514 g/mol. The second-order valence-electron chi connectivity index (χ2n) is 9.74. The number of fused-ring (bicyclic) bond motifs is 1. The molecule has 2 aliphatic rings. The number of halogens is 1. The number of hydrogen-bond donors (Lipinski definition) is 1. The number of hydrogen-bond acceptors (Lipinski definition) is 6. The van der Waals surface area contributed by atoms with Crippen LogP contribution in [0.1, 0.15) is 62.7 Å². The van der Waals surface area contributed by atoms with E-state index in [2.05, 4.69) is 15.4 Å². The summed E-state index contributed by atoms with van der Waals surface area (Å²) in [5.41, 5.74) is 0.349. The number of pyridine rings is 1. The van der Waals surface area contributed by atoms with E-state index in [4.69, 9.17) is 0 Å². The lowest BCUT2D eigenvalue weighted by atomic mass is 9.90. The van der Waals surface area contributed by atoms with Gasteiger partial charge >= 0.3 is 5.69 Å². The maximum atomic E-state index is 14.1. The number of carbonyl (C=O) groups is 1. The molecule has 0 aromatic carbocycles. The molecule has 0 bridgehead atoms. The van der Waals surface area contributed by atoms with Crippen molar-refractivity contribution < 1.29 is 9.18 Å². The van der Waals surface area contributed by atoms with Crippen LogP contribution in [0.4, 0.5) is 4.39 Å². The molecule has 0 atom stereocenters. The molecule has 1 aliphatic carbocycles. The maximum absolute atomic E-state index is 14.1. The van der Waals surface area contributed by atoms with Crippen molar-refractivity contribution in [1.29, 1.82) is 0 Å². The summed E-state index contributed by atoms with van der Waals surface area (Å²) in [6.45, 7) is 2.43. The van der Waals surface area contributed by atoms with Gasteiger partial charge in [-0.15, -0.1) is 0 Å². The van der Waals surface area contributed by atoms with Gasteiger partial charge in [-0.25, -0.2) is 14.2 Å². The van der Waals surface area contributed by atoms with Crippen molar-refractivity contribution in [3.8, 4) is 0 Å². The van der Waals surface area contributed by atoms with Crippen LogP contribution in [-0.2, 0) is 11.3 Å². The molecule has 9 nitrogen and oxygen atoms in total. The second kappa shape index (κ2) is 10.6. The van der Waals surface area contributed by atoms with Gasteiger partial charge in [0.15, 0.2) is 0 Å². The third-order valence-electron chi connectivity index (χ3n) is 7.25. The van der Waals surface area contributed by atoms with E-state index < -0.39 is 11.4 Å². The summed E-state index contributed by atoms with van der Waals surface area (Å²) in [5, 5.41) is 7.54. The Kier molecular flexibility index (Phi) is 7.27. The van der Waals surface area contributed by atoms with E-state index in [1.54, 1.807) is 9.25 Å². The van der Waals surface area contributed by atoms with Gasteiger partial charge in [0.1, 0.15) is 11.5 Å². The molecule has 0 unspecified atom stereocenters. The van der Waals surface area contributed by atoms with Gasteiger partial charge in [-0.3, -0.25) is 23.4 Å². The van der Waals surface area contributed by atoms with Crippen LogP contribution in [0.5, 0.6) is 0 Å². The predicted molar refractivity (Wildman–Crippen MR) is 137 cm³/mol. The van der Waals surface area contributed by atoms with Crippen LogP contribution >= 0.6 is 11.8 Å². The topological polar surface area (TPSA) is 104 Å². The van der Waals surface area contributed by atoms with Crippen LogP contribution in [0.2, 0.25) is 0 Å². The minimum absolute atomic E-state index is 0.000900. The smallest absolute Gasteiger partial charge is 0.333 e. The van der Waals surface area contributed by atoms with Gasteiger partial charge in [-0.1, -0.05) is 0 Å². The lowest BCUT2D eigenvalue weighted by molar-refractivity contribution is -0.122. The number of carbonyl (C=O) groups excluding carboxylic acids is 1. The molecule has 2 fully saturated rings. The third-order valence-corrected chi connectivity index (χ3v) is 8.30. The third kappa shape index (κ3) is 5.11. The standard InChI is InChI=1S/C25H31FN6O3S/c1-16-6-10-30(29-16)11-7-22(33)28-18-2-4-19(5-3-18)32-24(34)21-14-17(26)15-27-23(21)31(25(32)35)20-8-12-36-13-9-20/h6,10,14-15,18-20H,2-5,7-9,11-13H2,1H3,(H,28,33). The van der Waals surface area contributed by atoms with Gasteiger partial charge in [0, 0.05) is 37.3 Å². The van der Waals surface area contributed by atoms with E-state index in [0.29, 0.717) is 38.6 Å². The Morgan fingerprint density at radius 2 is 1.83 bits per heavy atom. The number of nitrogens with zero attached hydrogens (tertiary/aromatic N) is 5. The number of nitrogens with one attached hydrogen (secondary N) is 1. The molecular weight excluding hydrogens is 483 g/mol. The summed E-state index contributed by atoms with van der Waals surface area (Å²) in [6.07, 6.45) is 7.41. The van der Waals surface area contributed by atoms with E-state index in [9.17, 15) is 18.8 Å². The summed E-state index contributed by atoms with van der Waals surface area (Å²) in [4.78, 5) is 43.7. The molecule has 11 heteroatoms. The maximum Gasteiger partial charge on any atom is 0.333 e. The molecule has 36 heavy (non-hydrogen) atoms. The summed E-state index contributed by atoms with van der Waals surface area (Å²) >= 11 is 1.85. The molecule has 1 saturated heterocycles. The molecule has 3 aromatic rings. The highest BCUT2D eigenvalue weighted by atomic mass is 32.2. The highest BCUT2D eigenvalue weighted by Crippen LogP contribution is 2.30. The van der Waals surface area contributed by atoms with Gasteiger partial charge in [-0.2, -0.15) is 16.9 Å². The summed E-state index contributed by atoms with van der Waals surface area (Å²) in [5.74, 6) is 1.24. The summed E-state index contributed by atoms with van der Waals surface area (Å²) in [6, 6.07) is 2.75. The zero-order valence-corrected chi connectivity index (χ0v) is 21.2. The Morgan fingerprint density at radius 1 is 1.11 bits per heavy atom. The number of aromatic nitrogens is 5. The Hall–Kier alpha value is -2.95. The van der Waals surface area contributed by atoms with E-state index in [-0.39, 0.29) is 40.8 Å². The van der Waals surface area contributed by atoms with Crippen LogP contribution in [0.25, 0.3) is 11.0 Å². The molecule has 1 amide bonds. The van der Waals surface area contributed by atoms with Gasteiger partial charge in [-0.05, 0) is 69.1 Å². The average molecular weight is 515 g/mol. The van der Waals surface area contributed by atoms with Crippen molar-refractivity contribution in [3.05, 3.63) is 56.9 Å². The fourth-order valence-corrected chi connectivity index (χ4v) is 6.46. The number of thioether (sulfide) groups is 1. The van der Waals surface area contributed by atoms with Crippen LogP contribution in [0, 0.1) is 12.7 Å². The molecule has 0 spiro atoms. The number of aryl methyl sites for hydroxylation is 2. The SMILES string of the molecule is Cc1ccn(CCC(=O)NC2CCC(n3c(=O)c4cc(F)cnc4n(C4CCSCC4)c3=O)CC2)n1. The van der Waals surface area contributed by atoms with Gasteiger partial charge in [0.25, 0.3) is 5.56 Å². The highest BCUT2D eigenvalue weighted by Gasteiger charge is 2.29. The largest absolute Gasteiger partial charge is 0.353 e. The highest BCUT2D eigenvalue weighted by molar-refractivity contribution is 7.99. The van der Waals surface area contributed by atoms with E-state index in [1.165, 1.54) is 10.6 Å². The number of rotatable bonds is 6. The predicted octanol–water partition coefficient (Wildman–Crippen LogP) is 2.96. The Bertz CT molecular complexity index is 1370.